The average Bonchev–Trinajstić information content (AvgIpc) is 2.48. The lowest BCUT2D eigenvalue weighted by Crippen LogP contribution is -2.29. The minimum absolute atomic E-state index is 0.0708. The quantitative estimate of drug-likeness (QED) is 0.877. The van der Waals surface area contributed by atoms with E-state index in [9.17, 15) is 9.18 Å². The van der Waals surface area contributed by atoms with Crippen molar-refractivity contribution in [3.63, 3.8) is 0 Å². The highest BCUT2D eigenvalue weighted by molar-refractivity contribution is 5.94. The first-order valence-electron chi connectivity index (χ1n) is 6.28. The lowest BCUT2D eigenvalue weighted by atomic mass is 10.0. The number of nitrogens with zero attached hydrogens (tertiary/aromatic N) is 1. The minimum atomic E-state index is -0.360. The Labute approximate surface area is 116 Å². The number of rotatable bonds is 5. The topological polar surface area (TPSA) is 62.2 Å². The normalized spacial score (nSPS) is 11.9. The second-order valence-corrected chi connectivity index (χ2v) is 4.33. The highest BCUT2D eigenvalue weighted by Gasteiger charge is 2.15. The first kappa shape index (κ1) is 14.1. The number of aliphatic hydroxyl groups is 1. The number of carbonyl (C=O) groups excluding carboxylic acids is 1. The third-order valence-corrected chi connectivity index (χ3v) is 2.94. The molecule has 1 heterocycles. The fourth-order valence-corrected chi connectivity index (χ4v) is 1.89. The molecule has 0 fully saturated rings. The van der Waals surface area contributed by atoms with Crippen molar-refractivity contribution in [2.75, 3.05) is 6.61 Å². The van der Waals surface area contributed by atoms with Gasteiger partial charge < -0.3 is 10.4 Å². The van der Waals surface area contributed by atoms with E-state index in [1.165, 1.54) is 24.5 Å². The largest absolute Gasteiger partial charge is 0.396 e. The maximum Gasteiger partial charge on any atom is 0.251 e. The molecule has 1 amide bonds. The summed E-state index contributed by atoms with van der Waals surface area (Å²) < 4.78 is 12.9. The Hall–Kier alpha value is -2.27. The number of aromatic nitrogens is 1. The Morgan fingerprint density at radius 2 is 1.85 bits per heavy atom. The standard InChI is InChI=1S/C15H15FN2O2/c16-13-3-1-11(2-4-13)14(7-10-19)18-15(20)12-5-8-17-9-6-12/h1-6,8-9,14,19H,7,10H2,(H,18,20)/t14-/m1/s1. The molecule has 1 aromatic heterocycles. The Kier molecular flexibility index (Phi) is 4.79. The molecular formula is C15H15FN2O2. The molecule has 0 bridgehead atoms. The van der Waals surface area contributed by atoms with Crippen molar-refractivity contribution < 1.29 is 14.3 Å². The number of nitrogens with one attached hydrogen (secondary N) is 1. The number of hydrogen-bond donors (Lipinski definition) is 2. The number of halogens is 1. The predicted molar refractivity (Wildman–Crippen MR) is 72.5 cm³/mol. The van der Waals surface area contributed by atoms with Gasteiger partial charge in [-0.15, -0.1) is 0 Å². The van der Waals surface area contributed by atoms with E-state index in [1.807, 2.05) is 0 Å². The molecule has 0 saturated carbocycles. The van der Waals surface area contributed by atoms with Crippen molar-refractivity contribution in [3.8, 4) is 0 Å². The van der Waals surface area contributed by atoms with Gasteiger partial charge in [0.05, 0.1) is 6.04 Å². The van der Waals surface area contributed by atoms with Gasteiger partial charge in [-0.2, -0.15) is 0 Å². The summed E-state index contributed by atoms with van der Waals surface area (Å²) in [5.74, 6) is -0.591. The van der Waals surface area contributed by atoms with Crippen LogP contribution in [0.3, 0.4) is 0 Å². The second kappa shape index (κ2) is 6.77. The van der Waals surface area contributed by atoms with Crippen LogP contribution in [0.2, 0.25) is 0 Å². The first-order chi connectivity index (χ1) is 9.70. The SMILES string of the molecule is O=C(N[C@H](CCO)c1ccc(F)cc1)c1ccncc1. The van der Waals surface area contributed by atoms with E-state index in [2.05, 4.69) is 10.3 Å². The van der Waals surface area contributed by atoms with Crippen LogP contribution in [0.15, 0.2) is 48.8 Å². The summed E-state index contributed by atoms with van der Waals surface area (Å²) in [6.45, 7) is -0.0708. The number of pyridine rings is 1. The van der Waals surface area contributed by atoms with E-state index >= 15 is 0 Å². The Bertz CT molecular complexity index is 558. The molecule has 0 unspecified atom stereocenters. The number of hydrogen-bond acceptors (Lipinski definition) is 3. The summed E-state index contributed by atoms with van der Waals surface area (Å²) in [6, 6.07) is 8.72. The van der Waals surface area contributed by atoms with Crippen LogP contribution in [0, 0.1) is 5.82 Å². The van der Waals surface area contributed by atoms with Gasteiger partial charge in [-0.05, 0) is 36.2 Å². The van der Waals surface area contributed by atoms with Gasteiger partial charge in [-0.1, -0.05) is 12.1 Å². The van der Waals surface area contributed by atoms with Gasteiger partial charge in [-0.3, -0.25) is 9.78 Å². The third kappa shape index (κ3) is 3.61. The van der Waals surface area contributed by atoms with E-state index in [1.54, 1.807) is 24.3 Å². The van der Waals surface area contributed by atoms with Crippen LogP contribution in [0.4, 0.5) is 4.39 Å². The molecule has 1 atom stereocenters. The van der Waals surface area contributed by atoms with Gasteiger partial charge in [0, 0.05) is 24.6 Å². The summed E-state index contributed by atoms with van der Waals surface area (Å²) in [7, 11) is 0. The molecule has 20 heavy (non-hydrogen) atoms. The number of carbonyl (C=O) groups is 1. The van der Waals surface area contributed by atoms with Gasteiger partial charge in [0.25, 0.3) is 5.91 Å². The van der Waals surface area contributed by atoms with Crippen LogP contribution in [0.5, 0.6) is 0 Å². The molecule has 0 aliphatic rings. The van der Waals surface area contributed by atoms with E-state index in [-0.39, 0.29) is 24.4 Å². The van der Waals surface area contributed by atoms with E-state index in [0.29, 0.717) is 12.0 Å². The molecule has 0 radical (unpaired) electrons. The summed E-state index contributed by atoms with van der Waals surface area (Å²) in [4.78, 5) is 15.9. The Balaban J connectivity index is 2.13. The smallest absolute Gasteiger partial charge is 0.251 e. The zero-order chi connectivity index (χ0) is 14.4. The highest BCUT2D eigenvalue weighted by atomic mass is 19.1. The summed E-state index contributed by atoms with van der Waals surface area (Å²) in [6.07, 6.45) is 3.43. The number of aliphatic hydroxyl groups excluding tert-OH is 1. The zero-order valence-electron chi connectivity index (χ0n) is 10.8. The fourth-order valence-electron chi connectivity index (χ4n) is 1.89. The molecule has 0 aliphatic heterocycles. The zero-order valence-corrected chi connectivity index (χ0v) is 10.8. The van der Waals surface area contributed by atoms with Crippen molar-refractivity contribution in [1.29, 1.82) is 0 Å². The molecule has 5 heteroatoms. The molecule has 2 aromatic rings. The molecule has 2 N–H and O–H groups in total. The van der Waals surface area contributed by atoms with Gasteiger partial charge in [0.15, 0.2) is 0 Å². The third-order valence-electron chi connectivity index (χ3n) is 2.94. The Morgan fingerprint density at radius 3 is 2.45 bits per heavy atom. The van der Waals surface area contributed by atoms with Gasteiger partial charge in [-0.25, -0.2) is 4.39 Å². The second-order valence-electron chi connectivity index (χ2n) is 4.33. The van der Waals surface area contributed by atoms with Crippen LogP contribution >= 0.6 is 0 Å². The average molecular weight is 274 g/mol. The van der Waals surface area contributed by atoms with Gasteiger partial charge in [0.1, 0.15) is 5.82 Å². The molecule has 1 aromatic carbocycles. The number of benzene rings is 1. The van der Waals surface area contributed by atoms with E-state index in [0.717, 1.165) is 5.56 Å². The maximum atomic E-state index is 12.9. The van der Waals surface area contributed by atoms with Crippen molar-refractivity contribution in [2.45, 2.75) is 12.5 Å². The highest BCUT2D eigenvalue weighted by Crippen LogP contribution is 2.17. The summed E-state index contributed by atoms with van der Waals surface area (Å²) in [5, 5.41) is 11.9. The first-order valence-corrected chi connectivity index (χ1v) is 6.28. The molecule has 0 spiro atoms. The summed E-state index contributed by atoms with van der Waals surface area (Å²) >= 11 is 0. The van der Waals surface area contributed by atoms with Crippen molar-refractivity contribution in [3.05, 3.63) is 65.7 Å². The molecular weight excluding hydrogens is 259 g/mol. The molecule has 4 nitrogen and oxygen atoms in total. The van der Waals surface area contributed by atoms with Crippen molar-refractivity contribution in [2.24, 2.45) is 0 Å². The monoisotopic (exact) mass is 274 g/mol. The molecule has 0 aliphatic carbocycles. The van der Waals surface area contributed by atoms with Crippen LogP contribution in [0.25, 0.3) is 0 Å². The van der Waals surface area contributed by atoms with Crippen LogP contribution in [-0.2, 0) is 0 Å². The van der Waals surface area contributed by atoms with Crippen LogP contribution < -0.4 is 5.32 Å². The van der Waals surface area contributed by atoms with Gasteiger partial charge in [0.2, 0.25) is 0 Å². The Morgan fingerprint density at radius 1 is 1.20 bits per heavy atom. The van der Waals surface area contributed by atoms with E-state index in [4.69, 9.17) is 5.11 Å². The fraction of sp³-hybridized carbons (Fsp3) is 0.200. The van der Waals surface area contributed by atoms with Gasteiger partial charge >= 0.3 is 0 Å². The number of amides is 1. The van der Waals surface area contributed by atoms with Crippen molar-refractivity contribution in [1.82, 2.24) is 10.3 Å². The minimum Gasteiger partial charge on any atom is -0.396 e. The predicted octanol–water partition coefficient (Wildman–Crippen LogP) is 2.07. The van der Waals surface area contributed by atoms with E-state index < -0.39 is 0 Å². The lowest BCUT2D eigenvalue weighted by molar-refractivity contribution is 0.0930. The molecule has 104 valence electrons. The molecule has 2 rings (SSSR count). The van der Waals surface area contributed by atoms with Crippen molar-refractivity contribution >= 4 is 5.91 Å². The molecule has 0 saturated heterocycles. The lowest BCUT2D eigenvalue weighted by Gasteiger charge is -2.18. The maximum absolute atomic E-state index is 12.9. The summed E-state index contributed by atoms with van der Waals surface area (Å²) in [5.41, 5.74) is 1.24. The van der Waals surface area contributed by atoms with Crippen LogP contribution in [0.1, 0.15) is 28.4 Å². The van der Waals surface area contributed by atoms with Crippen LogP contribution in [-0.4, -0.2) is 22.6 Å².